The largest absolute Gasteiger partial charge is 0.352 e. The van der Waals surface area contributed by atoms with Crippen LogP contribution in [0.1, 0.15) is 23.2 Å². The standard InChI is InChI=1S/C13H19ClN2O/c1-16(2)10-4-3-9-15-13(17)11-5-7-12(14)8-6-11/h5-8H,3-4,9-10H2,1-2H3,(H,15,17). The van der Waals surface area contributed by atoms with E-state index in [1.54, 1.807) is 24.3 Å². The number of unbranched alkanes of at least 4 members (excludes halogenated alkanes) is 1. The summed E-state index contributed by atoms with van der Waals surface area (Å²) in [5.74, 6) is -0.0356. The maximum Gasteiger partial charge on any atom is 0.251 e. The van der Waals surface area contributed by atoms with Crippen LogP contribution in [0, 0.1) is 0 Å². The molecule has 0 saturated heterocycles. The quantitative estimate of drug-likeness (QED) is 0.791. The summed E-state index contributed by atoms with van der Waals surface area (Å²) in [7, 11) is 4.10. The van der Waals surface area contributed by atoms with E-state index in [4.69, 9.17) is 11.6 Å². The summed E-state index contributed by atoms with van der Waals surface area (Å²) in [6.45, 7) is 1.77. The summed E-state index contributed by atoms with van der Waals surface area (Å²) in [5, 5.41) is 3.54. The highest BCUT2D eigenvalue weighted by atomic mass is 35.5. The van der Waals surface area contributed by atoms with Gasteiger partial charge in [0.2, 0.25) is 0 Å². The molecule has 0 aliphatic heterocycles. The second-order valence-corrected chi connectivity index (χ2v) is 4.71. The van der Waals surface area contributed by atoms with Gasteiger partial charge in [-0.1, -0.05) is 11.6 Å². The third kappa shape index (κ3) is 5.71. The van der Waals surface area contributed by atoms with Crippen LogP contribution >= 0.6 is 11.6 Å². The molecule has 17 heavy (non-hydrogen) atoms. The number of carbonyl (C=O) groups is 1. The molecule has 1 N–H and O–H groups in total. The number of nitrogens with zero attached hydrogens (tertiary/aromatic N) is 1. The van der Waals surface area contributed by atoms with Gasteiger partial charge in [-0.3, -0.25) is 4.79 Å². The molecule has 1 aromatic carbocycles. The second-order valence-electron chi connectivity index (χ2n) is 4.27. The average molecular weight is 255 g/mol. The lowest BCUT2D eigenvalue weighted by Gasteiger charge is -2.09. The Bertz CT molecular complexity index is 349. The first kappa shape index (κ1) is 14.0. The van der Waals surface area contributed by atoms with Gasteiger partial charge in [-0.15, -0.1) is 0 Å². The fourth-order valence-corrected chi connectivity index (χ4v) is 1.58. The van der Waals surface area contributed by atoms with Crippen molar-refractivity contribution in [3.8, 4) is 0 Å². The minimum absolute atomic E-state index is 0.0356. The first-order valence-electron chi connectivity index (χ1n) is 5.78. The van der Waals surface area contributed by atoms with Gasteiger partial charge in [-0.25, -0.2) is 0 Å². The molecular formula is C13H19ClN2O. The van der Waals surface area contributed by atoms with E-state index in [0.717, 1.165) is 25.9 Å². The Balaban J connectivity index is 2.23. The normalized spacial score (nSPS) is 10.6. The first-order valence-corrected chi connectivity index (χ1v) is 6.16. The minimum Gasteiger partial charge on any atom is -0.352 e. The van der Waals surface area contributed by atoms with Crippen molar-refractivity contribution in [2.45, 2.75) is 12.8 Å². The Labute approximate surface area is 108 Å². The fourth-order valence-electron chi connectivity index (χ4n) is 1.46. The zero-order valence-electron chi connectivity index (χ0n) is 10.4. The van der Waals surface area contributed by atoms with Crippen LogP contribution in [0.2, 0.25) is 5.02 Å². The lowest BCUT2D eigenvalue weighted by Crippen LogP contribution is -2.25. The Morgan fingerprint density at radius 2 is 1.88 bits per heavy atom. The molecular weight excluding hydrogens is 236 g/mol. The maximum atomic E-state index is 11.7. The zero-order chi connectivity index (χ0) is 12.7. The van der Waals surface area contributed by atoms with Crippen LogP contribution in [0.3, 0.4) is 0 Å². The molecule has 4 heteroatoms. The highest BCUT2D eigenvalue weighted by molar-refractivity contribution is 6.30. The van der Waals surface area contributed by atoms with Crippen LogP contribution in [0.4, 0.5) is 0 Å². The highest BCUT2D eigenvalue weighted by Crippen LogP contribution is 2.09. The number of benzene rings is 1. The number of hydrogen-bond acceptors (Lipinski definition) is 2. The van der Waals surface area contributed by atoms with Crippen molar-refractivity contribution >= 4 is 17.5 Å². The molecule has 0 aliphatic rings. The summed E-state index contributed by atoms with van der Waals surface area (Å²) in [6, 6.07) is 6.92. The molecule has 0 saturated carbocycles. The van der Waals surface area contributed by atoms with Crippen LogP contribution in [-0.4, -0.2) is 38.0 Å². The van der Waals surface area contributed by atoms with Gasteiger partial charge in [0.05, 0.1) is 0 Å². The lowest BCUT2D eigenvalue weighted by atomic mass is 10.2. The van der Waals surface area contributed by atoms with E-state index in [9.17, 15) is 4.79 Å². The van der Waals surface area contributed by atoms with Gasteiger partial charge in [-0.05, 0) is 57.7 Å². The van der Waals surface area contributed by atoms with Gasteiger partial charge < -0.3 is 10.2 Å². The molecule has 1 amide bonds. The van der Waals surface area contributed by atoms with Gasteiger partial charge in [-0.2, -0.15) is 0 Å². The molecule has 0 bridgehead atoms. The molecule has 0 aliphatic carbocycles. The predicted molar refractivity (Wildman–Crippen MR) is 71.6 cm³/mol. The van der Waals surface area contributed by atoms with E-state index in [2.05, 4.69) is 10.2 Å². The summed E-state index contributed by atoms with van der Waals surface area (Å²) in [4.78, 5) is 13.8. The van der Waals surface area contributed by atoms with Crippen molar-refractivity contribution in [3.63, 3.8) is 0 Å². The van der Waals surface area contributed by atoms with Crippen LogP contribution in [0.5, 0.6) is 0 Å². The Morgan fingerprint density at radius 1 is 1.24 bits per heavy atom. The molecule has 0 atom stereocenters. The number of nitrogens with one attached hydrogen (secondary N) is 1. The molecule has 1 rings (SSSR count). The molecule has 0 spiro atoms. The molecule has 3 nitrogen and oxygen atoms in total. The number of amides is 1. The van der Waals surface area contributed by atoms with Gasteiger partial charge in [0.1, 0.15) is 0 Å². The van der Waals surface area contributed by atoms with Crippen molar-refractivity contribution in [3.05, 3.63) is 34.9 Å². The molecule has 0 heterocycles. The van der Waals surface area contributed by atoms with Crippen molar-refractivity contribution in [1.29, 1.82) is 0 Å². The van der Waals surface area contributed by atoms with Crippen LogP contribution in [0.25, 0.3) is 0 Å². The predicted octanol–water partition coefficient (Wildman–Crippen LogP) is 2.41. The van der Waals surface area contributed by atoms with Crippen LogP contribution in [-0.2, 0) is 0 Å². The van der Waals surface area contributed by atoms with E-state index < -0.39 is 0 Å². The van der Waals surface area contributed by atoms with Crippen molar-refractivity contribution < 1.29 is 4.79 Å². The number of rotatable bonds is 6. The van der Waals surface area contributed by atoms with Gasteiger partial charge >= 0.3 is 0 Å². The topological polar surface area (TPSA) is 32.3 Å². The summed E-state index contributed by atoms with van der Waals surface area (Å²) in [5.41, 5.74) is 0.655. The average Bonchev–Trinajstić information content (AvgIpc) is 2.29. The summed E-state index contributed by atoms with van der Waals surface area (Å²) >= 11 is 5.76. The van der Waals surface area contributed by atoms with Gasteiger partial charge in [0.25, 0.3) is 5.91 Å². The summed E-state index contributed by atoms with van der Waals surface area (Å²) in [6.07, 6.45) is 2.09. The lowest BCUT2D eigenvalue weighted by molar-refractivity contribution is 0.0953. The van der Waals surface area contributed by atoms with Crippen molar-refractivity contribution in [2.75, 3.05) is 27.2 Å². The molecule has 0 fully saturated rings. The van der Waals surface area contributed by atoms with E-state index >= 15 is 0 Å². The minimum atomic E-state index is -0.0356. The smallest absolute Gasteiger partial charge is 0.251 e. The monoisotopic (exact) mass is 254 g/mol. The third-order valence-electron chi connectivity index (χ3n) is 2.42. The fraction of sp³-hybridized carbons (Fsp3) is 0.462. The maximum absolute atomic E-state index is 11.7. The Hall–Kier alpha value is -1.06. The molecule has 0 unspecified atom stereocenters. The van der Waals surface area contributed by atoms with E-state index in [0.29, 0.717) is 10.6 Å². The Morgan fingerprint density at radius 3 is 2.47 bits per heavy atom. The third-order valence-corrected chi connectivity index (χ3v) is 2.68. The number of carbonyl (C=O) groups excluding carboxylic acids is 1. The van der Waals surface area contributed by atoms with Gasteiger partial charge in [0.15, 0.2) is 0 Å². The Kier molecular flexibility index (Phi) is 6.01. The molecule has 1 aromatic rings. The first-order chi connectivity index (χ1) is 8.09. The van der Waals surface area contributed by atoms with E-state index in [1.807, 2.05) is 14.1 Å². The summed E-state index contributed by atoms with van der Waals surface area (Å²) < 4.78 is 0. The van der Waals surface area contributed by atoms with Crippen molar-refractivity contribution in [2.24, 2.45) is 0 Å². The van der Waals surface area contributed by atoms with Gasteiger partial charge in [0, 0.05) is 17.1 Å². The van der Waals surface area contributed by atoms with E-state index in [-0.39, 0.29) is 5.91 Å². The molecule has 0 aromatic heterocycles. The van der Waals surface area contributed by atoms with Crippen LogP contribution < -0.4 is 5.32 Å². The second kappa shape index (κ2) is 7.30. The molecule has 94 valence electrons. The molecule has 0 radical (unpaired) electrons. The van der Waals surface area contributed by atoms with E-state index in [1.165, 1.54) is 0 Å². The zero-order valence-corrected chi connectivity index (χ0v) is 11.1. The van der Waals surface area contributed by atoms with Crippen molar-refractivity contribution in [1.82, 2.24) is 10.2 Å². The van der Waals surface area contributed by atoms with Crippen LogP contribution in [0.15, 0.2) is 24.3 Å². The highest BCUT2D eigenvalue weighted by Gasteiger charge is 2.03. The SMILES string of the molecule is CN(C)CCCCNC(=O)c1ccc(Cl)cc1. The number of halogens is 1. The number of hydrogen-bond donors (Lipinski definition) is 1.